The monoisotopic (exact) mass is 299 g/mol. The molecule has 1 nitrogen and oxygen atoms in total. The van der Waals surface area contributed by atoms with Gasteiger partial charge in [-0.1, -0.05) is 6.07 Å². The van der Waals surface area contributed by atoms with Crippen LogP contribution in [-0.2, 0) is 6.42 Å². The van der Waals surface area contributed by atoms with Crippen LogP contribution in [0.3, 0.4) is 0 Å². The molecule has 2 N–H and O–H groups in total. The van der Waals surface area contributed by atoms with E-state index in [0.717, 1.165) is 0 Å². The van der Waals surface area contributed by atoms with E-state index in [1.54, 1.807) is 6.07 Å². The van der Waals surface area contributed by atoms with Crippen LogP contribution in [0.4, 0.5) is 8.78 Å². The van der Waals surface area contributed by atoms with E-state index in [2.05, 4.69) is 15.9 Å². The van der Waals surface area contributed by atoms with Crippen molar-refractivity contribution in [3.63, 3.8) is 0 Å². The summed E-state index contributed by atoms with van der Waals surface area (Å²) in [6.45, 7) is 1.84. The highest BCUT2D eigenvalue weighted by Crippen LogP contribution is 2.21. The standard InChI is InChI=1S/C10H12BrF2N.ClH/c1-6(14)2-3-7-4-5-8(11)10(13)9(7)12;/h4-6H,2-3,14H2,1H3;1H. The molecule has 0 aliphatic rings. The third-order valence-corrected chi connectivity index (χ3v) is 2.60. The molecule has 0 aliphatic carbocycles. The number of rotatable bonds is 3. The molecule has 0 bridgehead atoms. The van der Waals surface area contributed by atoms with Crippen LogP contribution in [0.1, 0.15) is 18.9 Å². The van der Waals surface area contributed by atoms with E-state index in [1.807, 2.05) is 6.92 Å². The summed E-state index contributed by atoms with van der Waals surface area (Å²) in [7, 11) is 0. The number of benzene rings is 1. The van der Waals surface area contributed by atoms with Crippen molar-refractivity contribution in [2.24, 2.45) is 5.73 Å². The Labute approximate surface area is 103 Å². The van der Waals surface area contributed by atoms with Gasteiger partial charge in [0.25, 0.3) is 0 Å². The minimum atomic E-state index is -0.827. The Balaban J connectivity index is 0.00000196. The van der Waals surface area contributed by atoms with Gasteiger partial charge < -0.3 is 5.73 Å². The van der Waals surface area contributed by atoms with Crippen LogP contribution in [0.25, 0.3) is 0 Å². The van der Waals surface area contributed by atoms with Crippen LogP contribution >= 0.6 is 28.3 Å². The number of aryl methyl sites for hydroxylation is 1. The minimum Gasteiger partial charge on any atom is -0.328 e. The third-order valence-electron chi connectivity index (χ3n) is 1.98. The van der Waals surface area contributed by atoms with Crippen LogP contribution < -0.4 is 5.73 Å². The molecule has 5 heteroatoms. The Morgan fingerprint density at radius 2 is 1.93 bits per heavy atom. The first-order valence-corrected chi connectivity index (χ1v) is 5.19. The fourth-order valence-electron chi connectivity index (χ4n) is 1.14. The molecular weight excluding hydrogens is 287 g/mol. The Morgan fingerprint density at radius 1 is 1.33 bits per heavy atom. The fourth-order valence-corrected chi connectivity index (χ4v) is 1.45. The zero-order valence-electron chi connectivity index (χ0n) is 8.27. The van der Waals surface area contributed by atoms with Gasteiger partial charge in [0.05, 0.1) is 4.47 Å². The maximum atomic E-state index is 13.3. The first-order chi connectivity index (χ1) is 6.52. The molecule has 0 saturated heterocycles. The lowest BCUT2D eigenvalue weighted by Gasteiger charge is -2.07. The van der Waals surface area contributed by atoms with Crippen LogP contribution in [0.5, 0.6) is 0 Å². The maximum absolute atomic E-state index is 13.3. The highest BCUT2D eigenvalue weighted by molar-refractivity contribution is 9.10. The van der Waals surface area contributed by atoms with Gasteiger partial charge in [-0.25, -0.2) is 8.78 Å². The predicted octanol–water partition coefficient (Wildman–Crippen LogP) is 3.43. The molecule has 0 aromatic heterocycles. The van der Waals surface area contributed by atoms with E-state index in [4.69, 9.17) is 5.73 Å². The van der Waals surface area contributed by atoms with Crippen molar-refractivity contribution in [3.8, 4) is 0 Å². The topological polar surface area (TPSA) is 26.0 Å². The van der Waals surface area contributed by atoms with Crippen molar-refractivity contribution < 1.29 is 8.78 Å². The van der Waals surface area contributed by atoms with E-state index in [0.29, 0.717) is 18.4 Å². The Morgan fingerprint density at radius 3 is 2.47 bits per heavy atom. The largest absolute Gasteiger partial charge is 0.328 e. The SMILES string of the molecule is CC(N)CCc1ccc(Br)c(F)c1F.Cl. The lowest BCUT2D eigenvalue weighted by atomic mass is 10.1. The summed E-state index contributed by atoms with van der Waals surface area (Å²) in [5.74, 6) is -1.60. The van der Waals surface area contributed by atoms with Crippen LogP contribution in [0, 0.1) is 11.6 Å². The van der Waals surface area contributed by atoms with Gasteiger partial charge in [-0.2, -0.15) is 0 Å². The van der Waals surface area contributed by atoms with Gasteiger partial charge in [-0.3, -0.25) is 0 Å². The molecule has 86 valence electrons. The minimum absolute atomic E-state index is 0. The lowest BCUT2D eigenvalue weighted by molar-refractivity contribution is 0.490. The molecule has 15 heavy (non-hydrogen) atoms. The van der Waals surface area contributed by atoms with Crippen LogP contribution in [0.2, 0.25) is 0 Å². The Kier molecular flexibility index (Phi) is 6.32. The zero-order chi connectivity index (χ0) is 10.7. The van der Waals surface area contributed by atoms with Gasteiger partial charge in [0.15, 0.2) is 11.6 Å². The van der Waals surface area contributed by atoms with E-state index in [9.17, 15) is 8.78 Å². The van der Waals surface area contributed by atoms with Crippen molar-refractivity contribution in [2.45, 2.75) is 25.8 Å². The van der Waals surface area contributed by atoms with Crippen LogP contribution in [0.15, 0.2) is 16.6 Å². The predicted molar refractivity (Wildman–Crippen MR) is 63.3 cm³/mol. The average Bonchev–Trinajstić information content (AvgIpc) is 2.13. The molecule has 0 radical (unpaired) electrons. The number of nitrogens with two attached hydrogens (primary N) is 1. The Bertz CT molecular complexity index is 331. The molecule has 0 aliphatic heterocycles. The molecule has 0 amide bonds. The summed E-state index contributed by atoms with van der Waals surface area (Å²) in [6.07, 6.45) is 1.12. The lowest BCUT2D eigenvalue weighted by Crippen LogP contribution is -2.15. The maximum Gasteiger partial charge on any atom is 0.173 e. The summed E-state index contributed by atoms with van der Waals surface area (Å²) >= 11 is 2.92. The second-order valence-electron chi connectivity index (χ2n) is 3.35. The molecule has 1 aromatic carbocycles. The average molecular weight is 301 g/mol. The smallest absolute Gasteiger partial charge is 0.173 e. The van der Waals surface area contributed by atoms with E-state index >= 15 is 0 Å². The van der Waals surface area contributed by atoms with E-state index in [1.165, 1.54) is 6.07 Å². The molecular formula is C10H13BrClF2N. The highest BCUT2D eigenvalue weighted by Gasteiger charge is 2.11. The molecule has 0 spiro atoms. The van der Waals surface area contributed by atoms with Gasteiger partial charge in [0, 0.05) is 6.04 Å². The molecule has 0 saturated carbocycles. The Hall–Kier alpha value is -0.190. The first-order valence-electron chi connectivity index (χ1n) is 4.40. The fraction of sp³-hybridized carbons (Fsp3) is 0.400. The second kappa shape index (κ2) is 6.40. The summed E-state index contributed by atoms with van der Waals surface area (Å²) in [5.41, 5.74) is 5.91. The van der Waals surface area contributed by atoms with Gasteiger partial charge in [0.2, 0.25) is 0 Å². The van der Waals surface area contributed by atoms with Gasteiger partial charge >= 0.3 is 0 Å². The molecule has 0 fully saturated rings. The number of hydrogen-bond acceptors (Lipinski definition) is 1. The zero-order valence-corrected chi connectivity index (χ0v) is 10.7. The van der Waals surface area contributed by atoms with Crippen molar-refractivity contribution >= 4 is 28.3 Å². The van der Waals surface area contributed by atoms with Gasteiger partial charge in [0.1, 0.15) is 0 Å². The molecule has 1 atom stereocenters. The molecule has 0 heterocycles. The van der Waals surface area contributed by atoms with E-state index < -0.39 is 11.6 Å². The van der Waals surface area contributed by atoms with Gasteiger partial charge in [-0.05, 0) is 47.3 Å². The number of halogens is 4. The number of hydrogen-bond donors (Lipinski definition) is 1. The third kappa shape index (κ3) is 4.05. The van der Waals surface area contributed by atoms with Crippen LogP contribution in [-0.4, -0.2) is 6.04 Å². The van der Waals surface area contributed by atoms with Crippen molar-refractivity contribution in [1.82, 2.24) is 0 Å². The summed E-state index contributed by atoms with van der Waals surface area (Å²) in [5, 5.41) is 0. The van der Waals surface area contributed by atoms with Crippen molar-refractivity contribution in [2.75, 3.05) is 0 Å². The van der Waals surface area contributed by atoms with Crippen molar-refractivity contribution in [1.29, 1.82) is 0 Å². The van der Waals surface area contributed by atoms with Gasteiger partial charge in [-0.15, -0.1) is 12.4 Å². The molecule has 1 rings (SSSR count). The summed E-state index contributed by atoms with van der Waals surface area (Å²) in [4.78, 5) is 0. The highest BCUT2D eigenvalue weighted by atomic mass is 79.9. The summed E-state index contributed by atoms with van der Waals surface area (Å²) < 4.78 is 26.5. The first kappa shape index (κ1) is 14.8. The van der Waals surface area contributed by atoms with E-state index in [-0.39, 0.29) is 22.9 Å². The normalized spacial score (nSPS) is 12.1. The summed E-state index contributed by atoms with van der Waals surface area (Å²) in [6, 6.07) is 3.08. The molecule has 1 unspecified atom stereocenters. The quantitative estimate of drug-likeness (QED) is 0.850. The second-order valence-corrected chi connectivity index (χ2v) is 4.20. The van der Waals surface area contributed by atoms with Crippen molar-refractivity contribution in [3.05, 3.63) is 33.8 Å². The molecule has 1 aromatic rings.